The largest absolute Gasteiger partial charge is 0.501 e. The molecule has 0 radical (unpaired) electrons. The van der Waals surface area contributed by atoms with Crippen molar-refractivity contribution in [1.82, 2.24) is 9.97 Å². The lowest BCUT2D eigenvalue weighted by molar-refractivity contribution is -0.211. The molecule has 8 heteroatoms. The number of nitrogens with one attached hydrogen (secondary N) is 1. The molecule has 0 unspecified atom stereocenters. The van der Waals surface area contributed by atoms with Crippen LogP contribution in [0.1, 0.15) is 11.1 Å². The number of alkyl halides is 2. The van der Waals surface area contributed by atoms with Crippen molar-refractivity contribution >= 4 is 17.0 Å². The Kier molecular flexibility index (Phi) is 3.90. The Labute approximate surface area is 140 Å². The molecule has 3 rings (SSSR count). The highest BCUT2D eigenvalue weighted by molar-refractivity contribution is 5.80. The van der Waals surface area contributed by atoms with E-state index in [1.54, 1.807) is 0 Å². The number of benzene rings is 2. The number of aromatic amines is 1. The van der Waals surface area contributed by atoms with Gasteiger partial charge in [0.1, 0.15) is 17.4 Å². The van der Waals surface area contributed by atoms with Crippen molar-refractivity contribution in [2.45, 2.75) is 20.0 Å². The van der Waals surface area contributed by atoms with Crippen LogP contribution in [0.2, 0.25) is 0 Å². The van der Waals surface area contributed by atoms with Crippen LogP contribution in [0, 0.1) is 19.7 Å². The fraction of sp³-hybridized carbons (Fsp3) is 0.176. The maximum absolute atomic E-state index is 13.3. The zero-order valence-electron chi connectivity index (χ0n) is 13.2. The van der Waals surface area contributed by atoms with E-state index >= 15 is 0 Å². The predicted octanol–water partition coefficient (Wildman–Crippen LogP) is 4.04. The van der Waals surface area contributed by atoms with Crippen molar-refractivity contribution in [3.05, 3.63) is 47.3 Å². The molecule has 1 aromatic heterocycles. The van der Waals surface area contributed by atoms with Gasteiger partial charge in [-0.1, -0.05) is 0 Å². The lowest BCUT2D eigenvalue weighted by Crippen LogP contribution is -2.35. The molecule has 0 spiro atoms. The maximum Gasteiger partial charge on any atom is 0.501 e. The van der Waals surface area contributed by atoms with Crippen LogP contribution in [0.25, 0.3) is 22.4 Å². The summed E-state index contributed by atoms with van der Waals surface area (Å²) in [5.74, 6) is -2.55. The van der Waals surface area contributed by atoms with Gasteiger partial charge in [0, 0.05) is 5.56 Å². The monoisotopic (exact) mass is 350 g/mol. The van der Waals surface area contributed by atoms with Gasteiger partial charge in [-0.15, -0.1) is 0 Å². The molecule has 0 fully saturated rings. The second kappa shape index (κ2) is 5.80. The highest BCUT2D eigenvalue weighted by atomic mass is 19.3. The average Bonchev–Trinajstić information content (AvgIpc) is 2.93. The van der Waals surface area contributed by atoms with E-state index in [4.69, 9.17) is 5.11 Å². The fourth-order valence-corrected chi connectivity index (χ4v) is 2.54. The smallest absolute Gasteiger partial charge is 0.474 e. The first-order valence-corrected chi connectivity index (χ1v) is 7.24. The van der Waals surface area contributed by atoms with Gasteiger partial charge in [-0.2, -0.15) is 8.78 Å². The van der Waals surface area contributed by atoms with Crippen molar-refractivity contribution in [1.29, 1.82) is 0 Å². The van der Waals surface area contributed by atoms with Crippen LogP contribution in [-0.2, 0) is 4.79 Å². The van der Waals surface area contributed by atoms with Gasteiger partial charge >= 0.3 is 12.1 Å². The summed E-state index contributed by atoms with van der Waals surface area (Å²) >= 11 is 0. The second-order valence-corrected chi connectivity index (χ2v) is 5.61. The van der Waals surface area contributed by atoms with E-state index in [0.717, 1.165) is 0 Å². The molecule has 2 aromatic carbocycles. The molecule has 0 aliphatic rings. The molecule has 25 heavy (non-hydrogen) atoms. The first-order chi connectivity index (χ1) is 11.7. The number of nitrogens with zero attached hydrogens (tertiary/aromatic N) is 1. The highest BCUT2D eigenvalue weighted by Crippen LogP contribution is 2.33. The molecule has 0 amide bonds. The molecule has 0 bridgehead atoms. The van der Waals surface area contributed by atoms with E-state index < -0.39 is 17.9 Å². The lowest BCUT2D eigenvalue weighted by atomic mass is 10.1. The zero-order valence-corrected chi connectivity index (χ0v) is 13.2. The van der Waals surface area contributed by atoms with E-state index in [1.165, 1.54) is 44.2 Å². The Morgan fingerprint density at radius 2 is 1.84 bits per heavy atom. The lowest BCUT2D eigenvalue weighted by Gasteiger charge is -2.17. The first-order valence-electron chi connectivity index (χ1n) is 7.24. The molecule has 2 N–H and O–H groups in total. The van der Waals surface area contributed by atoms with Gasteiger partial charge in [0.05, 0.1) is 11.0 Å². The van der Waals surface area contributed by atoms with Gasteiger partial charge in [-0.05, 0) is 55.3 Å². The minimum absolute atomic E-state index is 0.210. The second-order valence-electron chi connectivity index (χ2n) is 5.61. The summed E-state index contributed by atoms with van der Waals surface area (Å²) in [5, 5.41) is 8.50. The minimum Gasteiger partial charge on any atom is -0.474 e. The number of H-pyrrole nitrogens is 1. The number of aromatic nitrogens is 2. The Morgan fingerprint density at radius 1 is 1.20 bits per heavy atom. The Hall–Kier alpha value is -3.03. The number of aryl methyl sites for hydroxylation is 2. The summed E-state index contributed by atoms with van der Waals surface area (Å²) in [7, 11) is 0. The molecule has 0 saturated carbocycles. The summed E-state index contributed by atoms with van der Waals surface area (Å²) in [5.41, 5.74) is 2.29. The maximum atomic E-state index is 13.3. The third-order valence-corrected chi connectivity index (χ3v) is 3.66. The molecule has 0 aliphatic heterocycles. The molecular formula is C17H13F3N2O3. The zero-order chi connectivity index (χ0) is 18.4. The number of fused-ring (bicyclic) bond motifs is 1. The Morgan fingerprint density at radius 3 is 2.44 bits per heavy atom. The topological polar surface area (TPSA) is 75.2 Å². The predicted molar refractivity (Wildman–Crippen MR) is 84.2 cm³/mol. The number of hydrogen-bond donors (Lipinski definition) is 2. The summed E-state index contributed by atoms with van der Waals surface area (Å²) in [4.78, 5) is 17.8. The van der Waals surface area contributed by atoms with Crippen LogP contribution in [-0.4, -0.2) is 27.2 Å². The van der Waals surface area contributed by atoms with Crippen LogP contribution in [0.4, 0.5) is 13.2 Å². The number of ether oxygens (including phenoxy) is 1. The van der Waals surface area contributed by atoms with Crippen molar-refractivity contribution in [2.24, 2.45) is 0 Å². The fourth-order valence-electron chi connectivity index (χ4n) is 2.54. The van der Waals surface area contributed by atoms with Gasteiger partial charge in [0.15, 0.2) is 0 Å². The van der Waals surface area contributed by atoms with Gasteiger partial charge in [-0.3, -0.25) is 0 Å². The molecule has 5 nitrogen and oxygen atoms in total. The molecule has 0 atom stereocenters. The van der Waals surface area contributed by atoms with Crippen molar-refractivity contribution in [3.8, 4) is 17.1 Å². The number of halogens is 3. The Balaban J connectivity index is 2.02. The Bertz CT molecular complexity index is 959. The third-order valence-electron chi connectivity index (χ3n) is 3.66. The average molecular weight is 350 g/mol. The molecule has 130 valence electrons. The summed E-state index contributed by atoms with van der Waals surface area (Å²) < 4.78 is 44.3. The van der Waals surface area contributed by atoms with Crippen molar-refractivity contribution < 1.29 is 27.8 Å². The van der Waals surface area contributed by atoms with E-state index in [9.17, 15) is 18.0 Å². The standard InChI is InChI=1S/C17H13F3N2O3/c1-8-5-10(6-9(2)14(8)25-17(19,20)16(23)24)15-21-12-4-3-11(18)7-13(12)22-15/h3-7H,1-2H3,(H,21,22)(H,23,24). The molecule has 1 heterocycles. The summed E-state index contributed by atoms with van der Waals surface area (Å²) in [6, 6.07) is 7.18. The highest BCUT2D eigenvalue weighted by Gasteiger charge is 2.43. The van der Waals surface area contributed by atoms with E-state index in [-0.39, 0.29) is 5.75 Å². The number of carbonyl (C=O) groups is 1. The van der Waals surface area contributed by atoms with Crippen LogP contribution >= 0.6 is 0 Å². The number of rotatable bonds is 4. The van der Waals surface area contributed by atoms with Crippen LogP contribution in [0.5, 0.6) is 5.75 Å². The van der Waals surface area contributed by atoms with E-state index in [1.807, 2.05) is 0 Å². The van der Waals surface area contributed by atoms with E-state index in [2.05, 4.69) is 14.7 Å². The number of carboxylic acids is 1. The quantitative estimate of drug-likeness (QED) is 0.745. The van der Waals surface area contributed by atoms with Gasteiger partial charge in [-0.25, -0.2) is 14.2 Å². The number of hydrogen-bond acceptors (Lipinski definition) is 3. The third kappa shape index (κ3) is 3.15. The molecule has 3 aromatic rings. The molecule has 0 saturated heterocycles. The normalized spacial score (nSPS) is 11.7. The number of carboxylic acid groups (broad SMARTS) is 1. The molecule has 0 aliphatic carbocycles. The number of aliphatic carboxylic acids is 1. The summed E-state index contributed by atoms with van der Waals surface area (Å²) in [6.07, 6.45) is -4.33. The number of imidazole rings is 1. The van der Waals surface area contributed by atoms with Gasteiger partial charge in [0.2, 0.25) is 0 Å². The van der Waals surface area contributed by atoms with Crippen molar-refractivity contribution in [2.75, 3.05) is 0 Å². The molecular weight excluding hydrogens is 337 g/mol. The van der Waals surface area contributed by atoms with Crippen LogP contribution in [0.15, 0.2) is 30.3 Å². The SMILES string of the molecule is Cc1cc(-c2nc3ccc(F)cc3[nH]2)cc(C)c1OC(F)(F)C(=O)O. The van der Waals surface area contributed by atoms with Gasteiger partial charge in [0.25, 0.3) is 0 Å². The first kappa shape index (κ1) is 16.8. The minimum atomic E-state index is -4.33. The van der Waals surface area contributed by atoms with Crippen molar-refractivity contribution in [3.63, 3.8) is 0 Å². The van der Waals surface area contributed by atoms with E-state index in [0.29, 0.717) is 33.5 Å². The van der Waals surface area contributed by atoms with Crippen LogP contribution < -0.4 is 4.74 Å². The van der Waals surface area contributed by atoms with Gasteiger partial charge < -0.3 is 14.8 Å². The van der Waals surface area contributed by atoms with Crippen LogP contribution in [0.3, 0.4) is 0 Å². The summed E-state index contributed by atoms with van der Waals surface area (Å²) in [6.45, 7) is 3.04.